The van der Waals surface area contributed by atoms with Crippen LogP contribution in [0, 0.1) is 11.3 Å². The molecule has 1 heterocycles. The molecule has 2 aliphatic carbocycles. The summed E-state index contributed by atoms with van der Waals surface area (Å²) in [6.07, 6.45) is 11.3. The fraction of sp³-hybridized carbons (Fsp3) is 0.565. The predicted molar refractivity (Wildman–Crippen MR) is 109 cm³/mol. The number of benzene rings is 1. The Hall–Kier alpha value is -2.32. The molecule has 0 bridgehead atoms. The molecule has 4 rings (SSSR count). The molecule has 5 nitrogen and oxygen atoms in total. The first kappa shape index (κ1) is 19.0. The molecule has 5 heteroatoms. The van der Waals surface area contributed by atoms with Crippen LogP contribution in [-0.4, -0.2) is 40.8 Å². The Morgan fingerprint density at radius 3 is 2.54 bits per heavy atom. The molecule has 28 heavy (non-hydrogen) atoms. The van der Waals surface area contributed by atoms with Crippen LogP contribution in [0.15, 0.2) is 30.3 Å². The molecule has 1 aromatic rings. The van der Waals surface area contributed by atoms with Gasteiger partial charge in [-0.3, -0.25) is 0 Å². The summed E-state index contributed by atoms with van der Waals surface area (Å²) in [5.74, 6) is -0.140. The smallest absolute Gasteiger partial charge is 0.319 e. The molecule has 0 unspecified atom stereocenters. The molecule has 1 saturated carbocycles. The van der Waals surface area contributed by atoms with E-state index in [4.69, 9.17) is 0 Å². The van der Waals surface area contributed by atoms with Gasteiger partial charge in [0.05, 0.1) is 18.7 Å². The van der Waals surface area contributed by atoms with Crippen LogP contribution < -0.4 is 5.32 Å². The average Bonchev–Trinajstić information content (AvgIpc) is 3.24. The highest BCUT2D eigenvalue weighted by atomic mass is 16.3. The van der Waals surface area contributed by atoms with E-state index in [-0.39, 0.29) is 30.6 Å². The van der Waals surface area contributed by atoms with Crippen molar-refractivity contribution in [2.75, 3.05) is 6.61 Å². The van der Waals surface area contributed by atoms with Gasteiger partial charge in [-0.05, 0) is 48.8 Å². The van der Waals surface area contributed by atoms with Crippen molar-refractivity contribution in [3.05, 3.63) is 41.5 Å². The average molecular weight is 380 g/mol. The molecule has 1 aliphatic heterocycles. The maximum absolute atomic E-state index is 12.8. The molecule has 2 fully saturated rings. The number of aliphatic hydroxyl groups excluding tert-OH is 1. The highest BCUT2D eigenvalue weighted by Crippen LogP contribution is 2.41. The van der Waals surface area contributed by atoms with Crippen molar-refractivity contribution in [1.82, 2.24) is 10.2 Å². The topological polar surface area (TPSA) is 76.4 Å². The number of nitrogens with zero attached hydrogens (tertiary/aromatic N) is 2. The van der Waals surface area contributed by atoms with E-state index in [9.17, 15) is 15.2 Å². The molecule has 3 atom stereocenters. The van der Waals surface area contributed by atoms with E-state index in [1.54, 1.807) is 4.90 Å². The molecular weight excluding hydrogens is 350 g/mol. The van der Waals surface area contributed by atoms with Gasteiger partial charge in [0.1, 0.15) is 6.04 Å². The van der Waals surface area contributed by atoms with E-state index < -0.39 is 6.04 Å². The number of aliphatic hydroxyl groups is 1. The lowest BCUT2D eigenvalue weighted by Crippen LogP contribution is -2.67. The molecule has 3 aliphatic rings. The van der Waals surface area contributed by atoms with Crippen LogP contribution in [-0.2, 0) is 0 Å². The third kappa shape index (κ3) is 3.54. The minimum Gasteiger partial charge on any atom is -0.394 e. The summed E-state index contributed by atoms with van der Waals surface area (Å²) < 4.78 is 0. The Morgan fingerprint density at radius 1 is 1.18 bits per heavy atom. The Balaban J connectivity index is 1.47. The number of rotatable bonds is 4. The van der Waals surface area contributed by atoms with Gasteiger partial charge < -0.3 is 15.3 Å². The molecule has 1 saturated heterocycles. The summed E-state index contributed by atoms with van der Waals surface area (Å²) in [6.45, 7) is -0.131. The normalized spacial score (nSPS) is 27.6. The number of carbonyl (C=O) groups is 1. The fourth-order valence-corrected chi connectivity index (χ4v) is 5.04. The van der Waals surface area contributed by atoms with Crippen molar-refractivity contribution < 1.29 is 9.90 Å². The maximum Gasteiger partial charge on any atom is 0.319 e. The minimum absolute atomic E-state index is 0.131. The number of hydrogen-bond acceptors (Lipinski definition) is 3. The molecule has 1 aromatic carbocycles. The monoisotopic (exact) mass is 379 g/mol. The molecular formula is C23H29N3O2. The van der Waals surface area contributed by atoms with Gasteiger partial charge >= 0.3 is 6.03 Å². The van der Waals surface area contributed by atoms with Crippen molar-refractivity contribution in [1.29, 1.82) is 5.26 Å². The number of hydrogen-bond donors (Lipinski definition) is 2. The molecule has 2 amide bonds. The first-order valence-electron chi connectivity index (χ1n) is 10.6. The Morgan fingerprint density at radius 2 is 1.93 bits per heavy atom. The first-order chi connectivity index (χ1) is 13.7. The van der Waals surface area contributed by atoms with Gasteiger partial charge in [-0.25, -0.2) is 4.79 Å². The minimum atomic E-state index is -0.530. The summed E-state index contributed by atoms with van der Waals surface area (Å²) in [5.41, 5.74) is 3.65. The number of nitrogens with one attached hydrogen (secondary N) is 1. The van der Waals surface area contributed by atoms with Crippen LogP contribution in [0.2, 0.25) is 0 Å². The molecule has 148 valence electrons. The zero-order valence-corrected chi connectivity index (χ0v) is 16.3. The Kier molecular flexibility index (Phi) is 5.68. The van der Waals surface area contributed by atoms with Gasteiger partial charge in [0.15, 0.2) is 0 Å². The standard InChI is InChI=1S/C23H29N3O2/c24-14-20-22(18-12-10-17(11-13-18)16-6-4-5-7-16)21(15-27)26(20)23(28)25-19-8-2-1-3-9-19/h6,10-13,19-22,27H,1-5,7-9,15H2,(H,25,28)/t20-,21-,22+/m0/s1. The lowest BCUT2D eigenvalue weighted by molar-refractivity contribution is 0.0153. The largest absolute Gasteiger partial charge is 0.394 e. The highest BCUT2D eigenvalue weighted by molar-refractivity contribution is 5.78. The molecule has 2 N–H and O–H groups in total. The van der Waals surface area contributed by atoms with Crippen molar-refractivity contribution in [3.8, 4) is 6.07 Å². The van der Waals surface area contributed by atoms with Gasteiger partial charge in [0.2, 0.25) is 0 Å². The third-order valence-electron chi connectivity index (χ3n) is 6.61. The number of nitriles is 1. The van der Waals surface area contributed by atoms with Gasteiger partial charge in [-0.15, -0.1) is 0 Å². The lowest BCUT2D eigenvalue weighted by Gasteiger charge is -2.51. The second-order valence-electron chi connectivity index (χ2n) is 8.28. The van der Waals surface area contributed by atoms with Crippen molar-refractivity contribution >= 4 is 11.6 Å². The number of carbonyl (C=O) groups excluding carboxylic acids is 1. The van der Waals surface area contributed by atoms with Crippen LogP contribution >= 0.6 is 0 Å². The molecule has 0 spiro atoms. The van der Waals surface area contributed by atoms with Gasteiger partial charge in [0.25, 0.3) is 0 Å². The number of urea groups is 1. The summed E-state index contributed by atoms with van der Waals surface area (Å²) >= 11 is 0. The van der Waals surface area contributed by atoms with Crippen molar-refractivity contribution in [2.24, 2.45) is 0 Å². The second-order valence-corrected chi connectivity index (χ2v) is 8.28. The van der Waals surface area contributed by atoms with E-state index in [1.165, 1.54) is 24.0 Å². The summed E-state index contributed by atoms with van der Waals surface area (Å²) in [4.78, 5) is 14.3. The number of amides is 2. The zero-order chi connectivity index (χ0) is 19.5. The number of allylic oxidation sites excluding steroid dienone is 2. The van der Waals surface area contributed by atoms with Gasteiger partial charge in [0, 0.05) is 12.0 Å². The van der Waals surface area contributed by atoms with Crippen molar-refractivity contribution in [3.63, 3.8) is 0 Å². The quantitative estimate of drug-likeness (QED) is 0.832. The van der Waals surface area contributed by atoms with Crippen LogP contribution in [0.3, 0.4) is 0 Å². The molecule has 0 aromatic heterocycles. The van der Waals surface area contributed by atoms with E-state index in [2.05, 4.69) is 41.7 Å². The van der Waals surface area contributed by atoms with Gasteiger partial charge in [-0.2, -0.15) is 5.26 Å². The van der Waals surface area contributed by atoms with E-state index in [0.717, 1.165) is 44.1 Å². The van der Waals surface area contributed by atoms with Crippen LogP contribution in [0.25, 0.3) is 5.57 Å². The fourth-order valence-electron chi connectivity index (χ4n) is 5.04. The van der Waals surface area contributed by atoms with Crippen molar-refractivity contribution in [2.45, 2.75) is 75.4 Å². The maximum atomic E-state index is 12.8. The zero-order valence-electron chi connectivity index (χ0n) is 16.3. The Bertz CT molecular complexity index is 774. The van der Waals surface area contributed by atoms with Crippen LogP contribution in [0.1, 0.15) is 68.4 Å². The van der Waals surface area contributed by atoms with E-state index >= 15 is 0 Å². The third-order valence-corrected chi connectivity index (χ3v) is 6.61. The van der Waals surface area contributed by atoms with Crippen LogP contribution in [0.4, 0.5) is 4.79 Å². The van der Waals surface area contributed by atoms with E-state index in [0.29, 0.717) is 0 Å². The number of likely N-dealkylation sites (tertiary alicyclic amines) is 1. The molecule has 0 radical (unpaired) electrons. The SMILES string of the molecule is N#C[C@H]1[C@@H](c2ccc(C3=CCCC3)cc2)[C@H](CO)N1C(=O)NC1CCCCC1. The van der Waals surface area contributed by atoms with Gasteiger partial charge in [-0.1, -0.05) is 49.6 Å². The second kappa shape index (κ2) is 8.36. The summed E-state index contributed by atoms with van der Waals surface area (Å²) in [7, 11) is 0. The summed E-state index contributed by atoms with van der Waals surface area (Å²) in [6, 6.07) is 9.75. The summed E-state index contributed by atoms with van der Waals surface area (Å²) in [5, 5.41) is 22.7. The lowest BCUT2D eigenvalue weighted by atomic mass is 9.75. The van der Waals surface area contributed by atoms with Crippen LogP contribution in [0.5, 0.6) is 0 Å². The predicted octanol–water partition coefficient (Wildman–Crippen LogP) is 3.95. The Labute approximate surface area is 167 Å². The highest BCUT2D eigenvalue weighted by Gasteiger charge is 2.52. The van der Waals surface area contributed by atoms with E-state index in [1.807, 2.05) is 0 Å². The first-order valence-corrected chi connectivity index (χ1v) is 10.6.